The van der Waals surface area contributed by atoms with Crippen molar-refractivity contribution < 1.29 is 16.8 Å². The van der Waals surface area contributed by atoms with Crippen LogP contribution >= 0.6 is 0 Å². The molecule has 18 heavy (non-hydrogen) atoms. The molecule has 8 heteroatoms. The second-order valence-corrected chi connectivity index (χ2v) is 6.92. The summed E-state index contributed by atoms with van der Waals surface area (Å²) >= 11 is 0. The lowest BCUT2D eigenvalue weighted by molar-refractivity contribution is 0.602. The second-order valence-electron chi connectivity index (χ2n) is 3.56. The molecular formula is C10H12N2O4S2. The molecule has 1 aromatic rings. The van der Waals surface area contributed by atoms with Crippen LogP contribution in [0.2, 0.25) is 0 Å². The highest BCUT2D eigenvalue weighted by molar-refractivity contribution is 7.89. The molecule has 98 valence electrons. The zero-order chi connectivity index (χ0) is 13.8. The Balaban J connectivity index is 3.16. The summed E-state index contributed by atoms with van der Waals surface area (Å²) < 4.78 is 50.4. The molecule has 0 atom stereocenters. The second kappa shape index (κ2) is 5.40. The van der Waals surface area contributed by atoms with E-state index < -0.39 is 20.0 Å². The summed E-state index contributed by atoms with van der Waals surface area (Å²) in [5.74, 6) is 0. The summed E-state index contributed by atoms with van der Waals surface area (Å²) in [5, 5.41) is 0. The summed E-state index contributed by atoms with van der Waals surface area (Å²) in [4.78, 5) is 0. The third-order valence-corrected chi connectivity index (χ3v) is 2.74. The van der Waals surface area contributed by atoms with E-state index in [0.717, 1.165) is 24.9 Å². The van der Waals surface area contributed by atoms with Crippen LogP contribution in [0.1, 0.15) is 11.1 Å². The van der Waals surface area contributed by atoms with Crippen molar-refractivity contribution in [1.82, 2.24) is 0 Å². The molecule has 0 amide bonds. The van der Waals surface area contributed by atoms with Gasteiger partial charge in [0.05, 0.1) is 12.5 Å². The fourth-order valence-corrected chi connectivity index (χ4v) is 1.66. The third-order valence-electron chi connectivity index (χ3n) is 1.76. The van der Waals surface area contributed by atoms with E-state index in [1.807, 2.05) is 0 Å². The molecule has 0 unspecified atom stereocenters. The van der Waals surface area contributed by atoms with E-state index in [1.54, 1.807) is 24.3 Å². The molecule has 0 fully saturated rings. The molecule has 0 radical (unpaired) electrons. The molecule has 0 heterocycles. The highest BCUT2D eigenvalue weighted by Gasteiger charge is 2.00. The maximum Gasteiger partial charge on any atom is 0.250 e. The number of nitrogens with zero attached hydrogens (tertiary/aromatic N) is 2. The Morgan fingerprint density at radius 2 is 1.17 bits per heavy atom. The van der Waals surface area contributed by atoms with Gasteiger partial charge in [-0.3, -0.25) is 0 Å². The molecular weight excluding hydrogens is 276 g/mol. The van der Waals surface area contributed by atoms with E-state index in [2.05, 4.69) is 8.80 Å². The number of rotatable bonds is 4. The van der Waals surface area contributed by atoms with Crippen molar-refractivity contribution in [1.29, 1.82) is 0 Å². The minimum Gasteiger partial charge on any atom is -0.205 e. The highest BCUT2D eigenvalue weighted by atomic mass is 32.2. The maximum absolute atomic E-state index is 10.9. The zero-order valence-corrected chi connectivity index (χ0v) is 11.4. The van der Waals surface area contributed by atoms with Crippen molar-refractivity contribution in [2.45, 2.75) is 0 Å². The monoisotopic (exact) mass is 288 g/mol. The topological polar surface area (TPSA) is 93.0 Å². The summed E-state index contributed by atoms with van der Waals surface area (Å²) in [6.45, 7) is 0. The van der Waals surface area contributed by atoms with Crippen molar-refractivity contribution in [3.63, 3.8) is 0 Å². The van der Waals surface area contributed by atoms with Crippen LogP contribution in [0.4, 0.5) is 0 Å². The van der Waals surface area contributed by atoms with Crippen molar-refractivity contribution in [2.75, 3.05) is 12.5 Å². The van der Waals surface area contributed by atoms with E-state index >= 15 is 0 Å². The lowest BCUT2D eigenvalue weighted by Crippen LogP contribution is -1.97. The van der Waals surface area contributed by atoms with Gasteiger partial charge in [0, 0.05) is 23.6 Å². The lowest BCUT2D eigenvalue weighted by atomic mass is 10.1. The van der Waals surface area contributed by atoms with E-state index in [0.29, 0.717) is 11.1 Å². The lowest BCUT2D eigenvalue weighted by Gasteiger charge is -1.98. The average molecular weight is 288 g/mol. The molecule has 6 nitrogen and oxygen atoms in total. The summed E-state index contributed by atoms with van der Waals surface area (Å²) in [7, 11) is -6.95. The Bertz CT molecular complexity index is 627. The van der Waals surface area contributed by atoms with Crippen molar-refractivity contribution >= 4 is 32.5 Å². The van der Waals surface area contributed by atoms with Gasteiger partial charge in [-0.15, -0.1) is 0 Å². The fraction of sp³-hybridized carbons (Fsp3) is 0.200. The van der Waals surface area contributed by atoms with Crippen molar-refractivity contribution in [2.24, 2.45) is 8.80 Å². The number of hydrogen-bond acceptors (Lipinski definition) is 4. The molecule has 1 rings (SSSR count). The van der Waals surface area contributed by atoms with Gasteiger partial charge in [0.15, 0.2) is 0 Å². The third kappa shape index (κ3) is 5.69. The molecule has 0 spiro atoms. The van der Waals surface area contributed by atoms with E-state index in [4.69, 9.17) is 0 Å². The van der Waals surface area contributed by atoms with Crippen LogP contribution in [0.5, 0.6) is 0 Å². The Hall–Kier alpha value is -1.54. The molecule has 0 bridgehead atoms. The van der Waals surface area contributed by atoms with Gasteiger partial charge in [-0.25, -0.2) is 16.8 Å². The SMILES string of the molecule is CS(=O)(=O)/N=C\c1ccccc1/C=N/S(C)(=O)=O. The predicted octanol–water partition coefficient (Wildman–Crippen LogP) is 0.444. The van der Waals surface area contributed by atoms with Crippen LogP contribution in [0.25, 0.3) is 0 Å². The Morgan fingerprint density at radius 1 is 0.833 bits per heavy atom. The zero-order valence-electron chi connectivity index (χ0n) is 9.81. The highest BCUT2D eigenvalue weighted by Crippen LogP contribution is 2.05. The standard InChI is InChI=1S/C10H12N2O4S2/c1-17(13,14)11-7-9-5-3-4-6-10(9)8-12-18(2,15)16/h3-8H,1-2H3/b11-7-,12-8+. The van der Waals surface area contributed by atoms with E-state index in [1.165, 1.54) is 0 Å². The predicted molar refractivity (Wildman–Crippen MR) is 71.3 cm³/mol. The molecule has 0 aliphatic carbocycles. The molecule has 1 aromatic carbocycles. The van der Waals surface area contributed by atoms with Crippen LogP contribution < -0.4 is 0 Å². The summed E-state index contributed by atoms with van der Waals surface area (Å²) in [6, 6.07) is 6.58. The van der Waals surface area contributed by atoms with E-state index in [-0.39, 0.29) is 0 Å². The van der Waals surface area contributed by atoms with Gasteiger partial charge in [-0.1, -0.05) is 24.3 Å². The molecule has 0 aromatic heterocycles. The Labute approximate surface area is 106 Å². The first-order valence-electron chi connectivity index (χ1n) is 4.77. The number of hydrogen-bond donors (Lipinski definition) is 0. The molecule has 0 aliphatic heterocycles. The van der Waals surface area contributed by atoms with Crippen LogP contribution in [-0.4, -0.2) is 41.8 Å². The van der Waals surface area contributed by atoms with Crippen molar-refractivity contribution in [3.8, 4) is 0 Å². The van der Waals surface area contributed by atoms with Crippen LogP contribution in [0.3, 0.4) is 0 Å². The first-order chi connectivity index (χ1) is 8.17. The van der Waals surface area contributed by atoms with E-state index in [9.17, 15) is 16.8 Å². The van der Waals surface area contributed by atoms with Crippen LogP contribution in [-0.2, 0) is 20.0 Å². The largest absolute Gasteiger partial charge is 0.250 e. The van der Waals surface area contributed by atoms with Gasteiger partial charge in [0.2, 0.25) is 20.0 Å². The Morgan fingerprint density at radius 3 is 1.44 bits per heavy atom. The van der Waals surface area contributed by atoms with Crippen molar-refractivity contribution in [3.05, 3.63) is 35.4 Å². The molecule has 0 aliphatic rings. The van der Waals surface area contributed by atoms with Gasteiger partial charge in [0.1, 0.15) is 0 Å². The Kier molecular flexibility index (Phi) is 4.36. The van der Waals surface area contributed by atoms with Gasteiger partial charge in [0.25, 0.3) is 0 Å². The summed E-state index contributed by atoms with van der Waals surface area (Å²) in [5.41, 5.74) is 0.936. The van der Waals surface area contributed by atoms with Gasteiger partial charge >= 0.3 is 0 Å². The minimum absolute atomic E-state index is 0.468. The normalized spacial score (nSPS) is 13.4. The summed E-state index contributed by atoms with van der Waals surface area (Å²) in [6.07, 6.45) is 4.24. The quantitative estimate of drug-likeness (QED) is 0.751. The first kappa shape index (κ1) is 14.5. The van der Waals surface area contributed by atoms with Gasteiger partial charge < -0.3 is 0 Å². The first-order valence-corrected chi connectivity index (χ1v) is 8.47. The van der Waals surface area contributed by atoms with Crippen LogP contribution in [0.15, 0.2) is 33.1 Å². The fourth-order valence-electron chi connectivity index (χ4n) is 1.05. The molecule has 0 N–H and O–H groups in total. The smallest absolute Gasteiger partial charge is 0.205 e. The number of sulfonamides is 2. The molecule has 0 saturated heterocycles. The van der Waals surface area contributed by atoms with Gasteiger partial charge in [-0.2, -0.15) is 8.80 Å². The number of benzene rings is 1. The average Bonchev–Trinajstić information content (AvgIpc) is 2.22. The van der Waals surface area contributed by atoms with Gasteiger partial charge in [-0.05, 0) is 0 Å². The minimum atomic E-state index is -3.48. The van der Waals surface area contributed by atoms with Crippen LogP contribution in [0, 0.1) is 0 Å². The molecule has 0 saturated carbocycles. The maximum atomic E-state index is 10.9.